The molecule has 0 aliphatic carbocycles. The number of ether oxygens (including phenoxy) is 2. The quantitative estimate of drug-likeness (QED) is 0.130. The molecule has 0 amide bonds. The molecule has 0 atom stereocenters. The highest BCUT2D eigenvalue weighted by molar-refractivity contribution is 5.65. The van der Waals surface area contributed by atoms with E-state index in [0.29, 0.717) is 25.0 Å². The third-order valence-electron chi connectivity index (χ3n) is 6.18. The first-order valence-electron chi connectivity index (χ1n) is 12.5. The maximum Gasteiger partial charge on any atom is 0.432 e. The first kappa shape index (κ1) is 31.6. The lowest BCUT2D eigenvalue weighted by molar-refractivity contribution is -0.190. The van der Waals surface area contributed by atoms with Gasteiger partial charge in [0.15, 0.2) is 17.5 Å². The lowest BCUT2D eigenvalue weighted by Gasteiger charge is -2.21. The maximum atomic E-state index is 14.7. The molecule has 228 valence electrons. The van der Waals surface area contributed by atoms with Crippen LogP contribution in [0.25, 0.3) is 11.1 Å². The molecule has 4 aromatic carbocycles. The first-order valence-corrected chi connectivity index (χ1v) is 12.5. The second-order valence-corrected chi connectivity index (χ2v) is 9.32. The van der Waals surface area contributed by atoms with E-state index in [1.54, 1.807) is 0 Å². The van der Waals surface area contributed by atoms with Crippen LogP contribution < -0.4 is 9.47 Å². The van der Waals surface area contributed by atoms with Crippen molar-refractivity contribution < 1.29 is 57.8 Å². The van der Waals surface area contributed by atoms with Crippen molar-refractivity contribution >= 4 is 0 Å². The topological polar surface area (TPSA) is 18.5 Å². The summed E-state index contributed by atoms with van der Waals surface area (Å²) in [6.07, 6.45) is -7.69. The van der Waals surface area contributed by atoms with Crippen LogP contribution in [0.1, 0.15) is 36.5 Å². The predicted octanol–water partition coefficient (Wildman–Crippen LogP) is 9.93. The molecular formula is C30H19F11O2. The van der Waals surface area contributed by atoms with Gasteiger partial charge in [-0.3, -0.25) is 0 Å². The second kappa shape index (κ2) is 12.1. The maximum absolute atomic E-state index is 14.7. The zero-order chi connectivity index (χ0) is 31.7. The fourth-order valence-electron chi connectivity index (χ4n) is 4.15. The van der Waals surface area contributed by atoms with Crippen molar-refractivity contribution in [3.63, 3.8) is 0 Å². The zero-order valence-electron chi connectivity index (χ0n) is 21.9. The van der Waals surface area contributed by atoms with E-state index in [4.69, 9.17) is 0 Å². The fourth-order valence-corrected chi connectivity index (χ4v) is 4.15. The monoisotopic (exact) mass is 620 g/mol. The number of benzene rings is 4. The van der Waals surface area contributed by atoms with Gasteiger partial charge >= 0.3 is 12.2 Å². The van der Waals surface area contributed by atoms with Crippen LogP contribution in [-0.4, -0.2) is 0 Å². The molecule has 2 nitrogen and oxygen atoms in total. The van der Waals surface area contributed by atoms with Crippen molar-refractivity contribution in [3.8, 4) is 22.6 Å². The Kier molecular flexibility index (Phi) is 8.93. The van der Waals surface area contributed by atoms with Gasteiger partial charge in [-0.15, -0.1) is 0 Å². The van der Waals surface area contributed by atoms with Crippen molar-refractivity contribution in [2.75, 3.05) is 0 Å². The number of rotatable bonds is 10. The minimum absolute atomic E-state index is 0.0506. The van der Waals surface area contributed by atoms with Gasteiger partial charge in [0.25, 0.3) is 0 Å². The summed E-state index contributed by atoms with van der Waals surface area (Å²) in [6.45, 7) is 1.84. The van der Waals surface area contributed by atoms with E-state index in [0.717, 1.165) is 36.4 Å². The van der Waals surface area contributed by atoms with Gasteiger partial charge in [-0.05, 0) is 65.9 Å². The molecule has 0 fully saturated rings. The molecule has 0 unspecified atom stereocenters. The summed E-state index contributed by atoms with van der Waals surface area (Å²) in [4.78, 5) is 0. The molecular weight excluding hydrogens is 601 g/mol. The molecule has 0 bridgehead atoms. The molecule has 0 aliphatic rings. The SMILES string of the molecule is CCCCc1cc(F)c(C(F)(F)Oc2ccc(-c3cc(F)c(C(F)(F)Oc4cc(F)c(F)c(F)c4)c(F)c3)cc2)c(F)c1. The van der Waals surface area contributed by atoms with Crippen LogP contribution >= 0.6 is 0 Å². The van der Waals surface area contributed by atoms with Crippen molar-refractivity contribution in [3.05, 3.63) is 118 Å². The Labute approximate surface area is 237 Å². The first-order chi connectivity index (χ1) is 20.1. The van der Waals surface area contributed by atoms with Gasteiger partial charge in [0.05, 0.1) is 0 Å². The van der Waals surface area contributed by atoms with Crippen LogP contribution in [0.15, 0.2) is 60.7 Å². The number of hydrogen-bond acceptors (Lipinski definition) is 2. The summed E-state index contributed by atoms with van der Waals surface area (Å²) in [5.74, 6) is -14.4. The van der Waals surface area contributed by atoms with Gasteiger partial charge in [0, 0.05) is 12.1 Å². The van der Waals surface area contributed by atoms with Gasteiger partial charge in [0.1, 0.15) is 45.9 Å². The Balaban J connectivity index is 1.55. The van der Waals surface area contributed by atoms with Crippen molar-refractivity contribution in [1.82, 2.24) is 0 Å². The van der Waals surface area contributed by atoms with Crippen LogP contribution in [0.5, 0.6) is 11.5 Å². The lowest BCUT2D eigenvalue weighted by Crippen LogP contribution is -2.25. The Morgan fingerprint density at radius 3 is 1.44 bits per heavy atom. The van der Waals surface area contributed by atoms with Gasteiger partial charge in [-0.2, -0.15) is 17.6 Å². The third-order valence-corrected chi connectivity index (χ3v) is 6.18. The Morgan fingerprint density at radius 2 is 0.977 bits per heavy atom. The van der Waals surface area contributed by atoms with Crippen LogP contribution in [0.2, 0.25) is 0 Å². The summed E-state index contributed by atoms with van der Waals surface area (Å²) < 4.78 is 165. The van der Waals surface area contributed by atoms with Crippen molar-refractivity contribution in [1.29, 1.82) is 0 Å². The molecule has 0 heterocycles. The molecule has 0 spiro atoms. The highest BCUT2D eigenvalue weighted by Crippen LogP contribution is 2.39. The number of alkyl halides is 4. The van der Waals surface area contributed by atoms with E-state index < -0.39 is 75.6 Å². The average molecular weight is 620 g/mol. The number of halogens is 11. The molecule has 0 aliphatic heterocycles. The van der Waals surface area contributed by atoms with Crippen LogP contribution in [0, 0.1) is 40.7 Å². The largest absolute Gasteiger partial charge is 0.432 e. The Morgan fingerprint density at radius 1 is 0.535 bits per heavy atom. The molecule has 13 heteroatoms. The van der Waals surface area contributed by atoms with Crippen LogP contribution in [0.4, 0.5) is 48.3 Å². The highest BCUT2D eigenvalue weighted by Gasteiger charge is 2.42. The molecule has 0 aromatic heterocycles. The molecule has 4 rings (SSSR count). The molecule has 4 aromatic rings. The number of unbranched alkanes of at least 4 members (excludes halogenated alkanes) is 1. The summed E-state index contributed by atoms with van der Waals surface area (Å²) in [6, 6.07) is 6.34. The lowest BCUT2D eigenvalue weighted by atomic mass is 10.0. The summed E-state index contributed by atoms with van der Waals surface area (Å²) in [5, 5.41) is 0. The number of hydrogen-bond donors (Lipinski definition) is 0. The van der Waals surface area contributed by atoms with E-state index in [1.165, 1.54) is 0 Å². The molecule has 0 N–H and O–H groups in total. The second-order valence-electron chi connectivity index (χ2n) is 9.32. The number of aryl methyl sites for hydroxylation is 1. The van der Waals surface area contributed by atoms with Crippen molar-refractivity contribution in [2.24, 2.45) is 0 Å². The molecule has 0 saturated heterocycles. The molecule has 0 saturated carbocycles. The van der Waals surface area contributed by atoms with E-state index in [2.05, 4.69) is 9.47 Å². The standard InChI is InChI=1S/C30H19F11O2/c1-2-3-4-15-9-20(31)26(21(32)10-15)29(38,39)42-18-7-5-16(6-8-18)17-11-22(33)27(23(34)12-17)30(40,41)43-19-13-24(35)28(37)25(36)14-19/h5-14H,2-4H2,1H3. The van der Waals surface area contributed by atoms with E-state index >= 15 is 0 Å². The van der Waals surface area contributed by atoms with Gasteiger partial charge in [-0.25, -0.2) is 30.7 Å². The van der Waals surface area contributed by atoms with E-state index in [1.807, 2.05) is 6.92 Å². The van der Waals surface area contributed by atoms with Crippen molar-refractivity contribution in [2.45, 2.75) is 38.4 Å². The highest BCUT2D eigenvalue weighted by atomic mass is 19.3. The smallest absolute Gasteiger partial charge is 0.429 e. The Bertz CT molecular complexity index is 1570. The van der Waals surface area contributed by atoms with Gasteiger partial charge < -0.3 is 9.47 Å². The summed E-state index contributed by atoms with van der Waals surface area (Å²) in [5.41, 5.74) is -3.80. The summed E-state index contributed by atoms with van der Waals surface area (Å²) >= 11 is 0. The van der Waals surface area contributed by atoms with E-state index in [-0.39, 0.29) is 35.2 Å². The fraction of sp³-hybridized carbons (Fsp3) is 0.200. The normalized spacial score (nSPS) is 12.0. The minimum Gasteiger partial charge on any atom is -0.429 e. The van der Waals surface area contributed by atoms with Crippen LogP contribution in [-0.2, 0) is 18.6 Å². The van der Waals surface area contributed by atoms with Crippen LogP contribution in [0.3, 0.4) is 0 Å². The Hall–Kier alpha value is -4.29. The van der Waals surface area contributed by atoms with Gasteiger partial charge in [-0.1, -0.05) is 25.5 Å². The molecule has 43 heavy (non-hydrogen) atoms. The molecule has 0 radical (unpaired) electrons. The average Bonchev–Trinajstić information content (AvgIpc) is 2.89. The zero-order valence-corrected chi connectivity index (χ0v) is 21.9. The van der Waals surface area contributed by atoms with E-state index in [9.17, 15) is 48.3 Å². The predicted molar refractivity (Wildman–Crippen MR) is 132 cm³/mol. The summed E-state index contributed by atoms with van der Waals surface area (Å²) in [7, 11) is 0. The van der Waals surface area contributed by atoms with Gasteiger partial charge in [0.2, 0.25) is 0 Å². The third kappa shape index (κ3) is 6.86. The minimum atomic E-state index is -4.81.